The number of rotatable bonds is 3. The average Bonchev–Trinajstić information content (AvgIpc) is 2.85. The Kier molecular flexibility index (Phi) is 6.31. The van der Waals surface area contributed by atoms with E-state index in [0.717, 1.165) is 5.56 Å². The number of nitrogens with one attached hydrogen (secondary N) is 1. The van der Waals surface area contributed by atoms with Gasteiger partial charge in [0.25, 0.3) is 0 Å². The summed E-state index contributed by atoms with van der Waals surface area (Å²) in [5.41, 5.74) is 6.38. The molecule has 1 heterocycles. The van der Waals surface area contributed by atoms with Crippen LogP contribution in [-0.2, 0) is 4.79 Å². The normalized spacial score (nSPS) is 12.4. The maximum atomic E-state index is 12.0. The van der Waals surface area contributed by atoms with E-state index in [0.29, 0.717) is 15.2 Å². The molecule has 3 N–H and O–H groups in total. The Hall–Kier alpha value is -1.21. The standard InChI is InChI=1S/C14H17ClN4OS.ClH/c1-14(2,3)10(16)11(20)17-13-19-18-12(21-13)8-6-4-5-7-9(8)15;/h4-7,10H,16H2,1-3H3,(H,17,19,20);1H/t10-;/m1./s1. The van der Waals surface area contributed by atoms with E-state index in [4.69, 9.17) is 17.3 Å². The molecule has 0 saturated heterocycles. The number of hydrogen-bond acceptors (Lipinski definition) is 5. The average molecular weight is 361 g/mol. The molecule has 8 heteroatoms. The zero-order chi connectivity index (χ0) is 15.6. The first-order chi connectivity index (χ1) is 9.79. The maximum absolute atomic E-state index is 12.0. The van der Waals surface area contributed by atoms with Crippen LogP contribution in [0.4, 0.5) is 5.13 Å². The lowest BCUT2D eigenvalue weighted by molar-refractivity contribution is -0.119. The van der Waals surface area contributed by atoms with Gasteiger partial charge in [0.1, 0.15) is 0 Å². The molecule has 2 aromatic rings. The number of nitrogens with zero attached hydrogens (tertiary/aromatic N) is 2. The lowest BCUT2D eigenvalue weighted by atomic mass is 9.87. The predicted molar refractivity (Wildman–Crippen MR) is 93.7 cm³/mol. The number of halogens is 2. The van der Waals surface area contributed by atoms with Gasteiger partial charge in [-0.1, -0.05) is 61.9 Å². The highest BCUT2D eigenvalue weighted by Crippen LogP contribution is 2.31. The molecule has 0 fully saturated rings. The van der Waals surface area contributed by atoms with Gasteiger partial charge in [-0.05, 0) is 11.5 Å². The number of benzene rings is 1. The SMILES string of the molecule is CC(C)(C)[C@H](N)C(=O)Nc1nnc(-c2ccccc2Cl)s1.Cl. The van der Waals surface area contributed by atoms with Crippen LogP contribution in [0.5, 0.6) is 0 Å². The van der Waals surface area contributed by atoms with Crippen LogP contribution >= 0.6 is 35.3 Å². The van der Waals surface area contributed by atoms with E-state index in [9.17, 15) is 4.79 Å². The van der Waals surface area contributed by atoms with Gasteiger partial charge in [0.2, 0.25) is 11.0 Å². The van der Waals surface area contributed by atoms with Gasteiger partial charge < -0.3 is 5.73 Å². The molecule has 0 aliphatic heterocycles. The van der Waals surface area contributed by atoms with E-state index in [1.807, 2.05) is 39.0 Å². The monoisotopic (exact) mass is 360 g/mol. The van der Waals surface area contributed by atoms with Crippen molar-refractivity contribution in [1.82, 2.24) is 10.2 Å². The molecule has 0 unspecified atom stereocenters. The third-order valence-electron chi connectivity index (χ3n) is 2.97. The summed E-state index contributed by atoms with van der Waals surface area (Å²) < 4.78 is 0. The van der Waals surface area contributed by atoms with E-state index in [-0.39, 0.29) is 23.7 Å². The van der Waals surface area contributed by atoms with Crippen LogP contribution in [0.3, 0.4) is 0 Å². The number of anilines is 1. The van der Waals surface area contributed by atoms with Crippen molar-refractivity contribution in [2.24, 2.45) is 11.1 Å². The highest BCUT2D eigenvalue weighted by molar-refractivity contribution is 7.18. The zero-order valence-corrected chi connectivity index (χ0v) is 14.9. The summed E-state index contributed by atoms with van der Waals surface area (Å²) in [7, 11) is 0. The zero-order valence-electron chi connectivity index (χ0n) is 12.5. The third-order valence-corrected chi connectivity index (χ3v) is 4.18. The maximum Gasteiger partial charge on any atom is 0.243 e. The molecule has 1 aromatic heterocycles. The van der Waals surface area contributed by atoms with E-state index >= 15 is 0 Å². The Morgan fingerprint density at radius 1 is 1.32 bits per heavy atom. The van der Waals surface area contributed by atoms with Crippen molar-refractivity contribution in [3.63, 3.8) is 0 Å². The van der Waals surface area contributed by atoms with Gasteiger partial charge in [-0.25, -0.2) is 0 Å². The molecular formula is C14H18Cl2N4OS. The van der Waals surface area contributed by atoms with Gasteiger partial charge in [-0.15, -0.1) is 22.6 Å². The quantitative estimate of drug-likeness (QED) is 0.875. The summed E-state index contributed by atoms with van der Waals surface area (Å²) in [6, 6.07) is 6.74. The first kappa shape index (κ1) is 18.8. The fraction of sp³-hybridized carbons (Fsp3) is 0.357. The summed E-state index contributed by atoms with van der Waals surface area (Å²) in [5.74, 6) is -0.274. The minimum atomic E-state index is -0.620. The summed E-state index contributed by atoms with van der Waals surface area (Å²) in [4.78, 5) is 12.0. The fourth-order valence-corrected chi connectivity index (χ4v) is 2.66. The van der Waals surface area contributed by atoms with Crippen molar-refractivity contribution in [2.45, 2.75) is 26.8 Å². The second-order valence-corrected chi connectivity index (χ2v) is 7.11. The second-order valence-electron chi connectivity index (χ2n) is 5.73. The fourth-order valence-electron chi connectivity index (χ4n) is 1.59. The highest BCUT2D eigenvalue weighted by atomic mass is 35.5. The van der Waals surface area contributed by atoms with Crippen LogP contribution in [0.15, 0.2) is 24.3 Å². The summed E-state index contributed by atoms with van der Waals surface area (Å²) in [6.07, 6.45) is 0. The summed E-state index contributed by atoms with van der Waals surface area (Å²) in [6.45, 7) is 5.73. The van der Waals surface area contributed by atoms with Gasteiger partial charge in [0, 0.05) is 5.56 Å². The molecule has 0 radical (unpaired) electrons. The van der Waals surface area contributed by atoms with E-state index < -0.39 is 6.04 Å². The van der Waals surface area contributed by atoms with Gasteiger partial charge in [0.05, 0.1) is 11.1 Å². The first-order valence-corrected chi connectivity index (χ1v) is 7.63. The van der Waals surface area contributed by atoms with Crippen LogP contribution in [0.25, 0.3) is 10.6 Å². The van der Waals surface area contributed by atoms with Gasteiger partial charge in [-0.2, -0.15) is 0 Å². The predicted octanol–water partition coefficient (Wildman–Crippen LogP) is 3.59. The van der Waals surface area contributed by atoms with Crippen molar-refractivity contribution < 1.29 is 4.79 Å². The molecule has 1 amide bonds. The number of amides is 1. The van der Waals surface area contributed by atoms with Gasteiger partial charge in [0.15, 0.2) is 5.01 Å². The van der Waals surface area contributed by atoms with Crippen molar-refractivity contribution in [3.8, 4) is 10.6 Å². The van der Waals surface area contributed by atoms with Crippen LogP contribution in [0.2, 0.25) is 5.02 Å². The van der Waals surface area contributed by atoms with Crippen LogP contribution in [0, 0.1) is 5.41 Å². The molecule has 0 aliphatic carbocycles. The van der Waals surface area contributed by atoms with E-state index in [2.05, 4.69) is 15.5 Å². The van der Waals surface area contributed by atoms with Crippen LogP contribution < -0.4 is 11.1 Å². The highest BCUT2D eigenvalue weighted by Gasteiger charge is 2.28. The minimum Gasteiger partial charge on any atom is -0.319 e. The lowest BCUT2D eigenvalue weighted by Crippen LogP contribution is -2.45. The number of carbonyl (C=O) groups excluding carboxylic acids is 1. The molecule has 1 atom stereocenters. The molecule has 0 spiro atoms. The Labute approximate surface area is 144 Å². The van der Waals surface area contributed by atoms with E-state index in [1.165, 1.54) is 11.3 Å². The third kappa shape index (κ3) is 4.39. The Balaban J connectivity index is 0.00000242. The molecule has 22 heavy (non-hydrogen) atoms. The molecule has 2 rings (SSSR count). The van der Waals surface area contributed by atoms with Crippen molar-refractivity contribution in [1.29, 1.82) is 0 Å². The second kappa shape index (κ2) is 7.37. The summed E-state index contributed by atoms with van der Waals surface area (Å²) >= 11 is 7.38. The molecular weight excluding hydrogens is 343 g/mol. The molecule has 1 aromatic carbocycles. The van der Waals surface area contributed by atoms with E-state index in [1.54, 1.807) is 6.07 Å². The molecule has 0 aliphatic rings. The smallest absolute Gasteiger partial charge is 0.243 e. The van der Waals surface area contributed by atoms with Crippen molar-refractivity contribution in [3.05, 3.63) is 29.3 Å². The van der Waals surface area contributed by atoms with Crippen LogP contribution in [-0.4, -0.2) is 22.1 Å². The Morgan fingerprint density at radius 3 is 2.55 bits per heavy atom. The largest absolute Gasteiger partial charge is 0.319 e. The number of carbonyl (C=O) groups is 1. The Bertz CT molecular complexity index is 654. The van der Waals surface area contributed by atoms with Gasteiger partial charge in [-0.3, -0.25) is 10.1 Å². The molecule has 0 saturated carbocycles. The molecule has 0 bridgehead atoms. The summed E-state index contributed by atoms with van der Waals surface area (Å²) in [5, 5.41) is 12.4. The number of hydrogen-bond donors (Lipinski definition) is 2. The first-order valence-electron chi connectivity index (χ1n) is 6.44. The topological polar surface area (TPSA) is 80.9 Å². The van der Waals surface area contributed by atoms with Crippen molar-refractivity contribution in [2.75, 3.05) is 5.32 Å². The number of aromatic nitrogens is 2. The lowest BCUT2D eigenvalue weighted by Gasteiger charge is -2.25. The van der Waals surface area contributed by atoms with Crippen molar-refractivity contribution >= 4 is 46.4 Å². The van der Waals surface area contributed by atoms with Crippen LogP contribution in [0.1, 0.15) is 20.8 Å². The number of nitrogens with two attached hydrogens (primary N) is 1. The Morgan fingerprint density at radius 2 is 1.95 bits per heavy atom. The molecule has 5 nitrogen and oxygen atoms in total. The van der Waals surface area contributed by atoms with Gasteiger partial charge >= 0.3 is 0 Å². The molecule has 120 valence electrons. The minimum absolute atomic E-state index is 0.